The Morgan fingerprint density at radius 3 is 2.91 bits per heavy atom. The van der Waals surface area contributed by atoms with Gasteiger partial charge in [-0.2, -0.15) is 4.98 Å². The molecule has 178 valence electrons. The molecular weight excluding hydrogens is 488 g/mol. The van der Waals surface area contributed by atoms with Gasteiger partial charge in [0.15, 0.2) is 12.7 Å². The van der Waals surface area contributed by atoms with E-state index in [4.69, 9.17) is 37.2 Å². The summed E-state index contributed by atoms with van der Waals surface area (Å²) in [4.78, 5) is 16.8. The normalized spacial score (nSPS) is 16.9. The Balaban J connectivity index is 1.24. The molecule has 1 aliphatic rings. The lowest BCUT2D eigenvalue weighted by Crippen LogP contribution is -2.41. The predicted molar refractivity (Wildman–Crippen MR) is 121 cm³/mol. The lowest BCUT2D eigenvalue weighted by Gasteiger charge is -2.29. The Morgan fingerprint density at radius 1 is 1.29 bits per heavy atom. The number of benzene rings is 2. The molecule has 2 heterocycles. The molecule has 1 aliphatic heterocycles. The summed E-state index contributed by atoms with van der Waals surface area (Å²) in [6.45, 7) is 3.83. The predicted octanol–water partition coefficient (Wildman–Crippen LogP) is 4.54. The number of nitrogens with one attached hydrogen (secondary N) is 1. The highest BCUT2D eigenvalue weighted by Crippen LogP contribution is 2.36. The Bertz CT molecular complexity index is 1220. The largest absolute Gasteiger partial charge is 0.485 e. The Morgan fingerprint density at radius 2 is 2.12 bits per heavy atom. The molecule has 0 bridgehead atoms. The number of hydrogen-bond donors (Lipinski definition) is 2. The summed E-state index contributed by atoms with van der Waals surface area (Å²) in [6.07, 6.45) is -0.966. The van der Waals surface area contributed by atoms with Crippen molar-refractivity contribution in [3.8, 4) is 11.5 Å². The number of aromatic nitrogens is 2. The summed E-state index contributed by atoms with van der Waals surface area (Å²) in [6, 6.07) is 8.95. The van der Waals surface area contributed by atoms with Gasteiger partial charge in [-0.15, -0.1) is 0 Å². The van der Waals surface area contributed by atoms with Gasteiger partial charge in [-0.1, -0.05) is 34.9 Å². The van der Waals surface area contributed by atoms with Crippen LogP contribution in [0, 0.1) is 5.82 Å². The molecule has 34 heavy (non-hydrogen) atoms. The van der Waals surface area contributed by atoms with Crippen LogP contribution in [0.3, 0.4) is 0 Å². The van der Waals surface area contributed by atoms with Crippen LogP contribution in [0.4, 0.5) is 4.39 Å². The molecule has 0 radical (unpaired) electrons. The van der Waals surface area contributed by atoms with Crippen molar-refractivity contribution in [1.82, 2.24) is 15.5 Å². The van der Waals surface area contributed by atoms with Crippen LogP contribution in [-0.2, 0) is 17.8 Å². The van der Waals surface area contributed by atoms with Gasteiger partial charge >= 0.3 is 0 Å². The molecule has 0 spiro atoms. The van der Waals surface area contributed by atoms with Gasteiger partial charge in [0.05, 0.1) is 11.1 Å². The van der Waals surface area contributed by atoms with Crippen LogP contribution >= 0.6 is 23.2 Å². The molecule has 1 amide bonds. The number of allylic oxidation sites excluding steroid dienone is 1. The van der Waals surface area contributed by atoms with Crippen molar-refractivity contribution >= 4 is 29.1 Å². The molecule has 2 atom stereocenters. The van der Waals surface area contributed by atoms with Crippen molar-refractivity contribution in [1.29, 1.82) is 0 Å². The molecule has 8 nitrogen and oxygen atoms in total. The van der Waals surface area contributed by atoms with Crippen molar-refractivity contribution in [2.24, 2.45) is 0 Å². The van der Waals surface area contributed by atoms with Crippen LogP contribution in [0.15, 0.2) is 53.2 Å². The minimum atomic E-state index is -0.870. The second-order valence-corrected chi connectivity index (χ2v) is 8.45. The molecule has 1 aromatic heterocycles. The van der Waals surface area contributed by atoms with Crippen LogP contribution in [0.2, 0.25) is 10.0 Å². The van der Waals surface area contributed by atoms with Crippen LogP contribution < -0.4 is 14.8 Å². The van der Waals surface area contributed by atoms with Crippen molar-refractivity contribution in [3.05, 3.63) is 81.8 Å². The van der Waals surface area contributed by atoms with Crippen LogP contribution in [0.5, 0.6) is 11.5 Å². The van der Waals surface area contributed by atoms with E-state index in [2.05, 4.69) is 22.0 Å². The highest BCUT2D eigenvalue weighted by Gasteiger charge is 2.32. The van der Waals surface area contributed by atoms with Crippen molar-refractivity contribution in [3.63, 3.8) is 0 Å². The molecule has 0 unspecified atom stereocenters. The van der Waals surface area contributed by atoms with E-state index in [1.807, 2.05) is 0 Å². The van der Waals surface area contributed by atoms with Crippen molar-refractivity contribution in [2.45, 2.75) is 38.1 Å². The highest BCUT2D eigenvalue weighted by atomic mass is 35.5. The fourth-order valence-corrected chi connectivity index (χ4v) is 3.62. The number of carbonyl (C=O) groups is 1. The number of fused-ring (bicyclic) bond motifs is 1. The topological polar surface area (TPSA) is 107 Å². The first-order valence-corrected chi connectivity index (χ1v) is 11.1. The lowest BCUT2D eigenvalue weighted by molar-refractivity contribution is -0.129. The fourth-order valence-electron chi connectivity index (χ4n) is 3.32. The number of carbonyl (C=O) groups excluding carboxylic acids is 1. The molecule has 4 rings (SSSR count). The minimum Gasteiger partial charge on any atom is -0.485 e. The number of rotatable bonds is 8. The van der Waals surface area contributed by atoms with Gasteiger partial charge in [-0.25, -0.2) is 4.39 Å². The molecule has 0 aliphatic carbocycles. The highest BCUT2D eigenvalue weighted by molar-refractivity contribution is 6.31. The quantitative estimate of drug-likeness (QED) is 0.460. The summed E-state index contributed by atoms with van der Waals surface area (Å²) in [5.41, 5.74) is 0.977. The summed E-state index contributed by atoms with van der Waals surface area (Å²) in [7, 11) is 0. The first kappa shape index (κ1) is 24.0. The first-order valence-electron chi connectivity index (χ1n) is 10.3. The number of aliphatic hydroxyl groups excluding tert-OH is 1. The van der Waals surface area contributed by atoms with E-state index < -0.39 is 23.9 Å². The van der Waals surface area contributed by atoms with Gasteiger partial charge in [-0.05, 0) is 36.8 Å². The van der Waals surface area contributed by atoms with Crippen LogP contribution in [0.25, 0.3) is 0 Å². The monoisotopic (exact) mass is 507 g/mol. The Hall–Kier alpha value is -3.14. The van der Waals surface area contributed by atoms with E-state index in [1.165, 1.54) is 18.2 Å². The minimum absolute atomic E-state index is 0.00229. The van der Waals surface area contributed by atoms with Gasteiger partial charge in [0.25, 0.3) is 5.91 Å². The fraction of sp³-hybridized carbons (Fsp3) is 0.261. The average molecular weight is 508 g/mol. The third-order valence-electron chi connectivity index (χ3n) is 5.04. The van der Waals surface area contributed by atoms with E-state index in [9.17, 15) is 14.3 Å². The molecule has 0 fully saturated rings. The van der Waals surface area contributed by atoms with Crippen LogP contribution in [-0.4, -0.2) is 27.3 Å². The smallest absolute Gasteiger partial charge is 0.265 e. The van der Waals surface area contributed by atoms with Gasteiger partial charge in [0, 0.05) is 35.2 Å². The van der Waals surface area contributed by atoms with Crippen LogP contribution in [0.1, 0.15) is 36.2 Å². The third kappa shape index (κ3) is 5.85. The summed E-state index contributed by atoms with van der Waals surface area (Å²) < 4.78 is 29.8. The molecule has 11 heteroatoms. The molecule has 2 aromatic carbocycles. The summed E-state index contributed by atoms with van der Waals surface area (Å²) in [5.74, 6) is 0.297. The maximum atomic E-state index is 13.5. The number of ether oxygens (including phenoxy) is 2. The van der Waals surface area contributed by atoms with E-state index in [0.717, 1.165) is 0 Å². The Kier molecular flexibility index (Phi) is 7.35. The lowest BCUT2D eigenvalue weighted by atomic mass is 9.98. The number of amides is 1. The van der Waals surface area contributed by atoms with Gasteiger partial charge < -0.3 is 24.4 Å². The molecule has 0 saturated heterocycles. The number of nitrogens with zero attached hydrogens (tertiary/aromatic N) is 2. The zero-order valence-corrected chi connectivity index (χ0v) is 19.3. The zero-order valence-electron chi connectivity index (χ0n) is 17.8. The van der Waals surface area contributed by atoms with Crippen molar-refractivity contribution < 1.29 is 28.3 Å². The first-order chi connectivity index (χ1) is 16.3. The van der Waals surface area contributed by atoms with Gasteiger partial charge in [-0.3, -0.25) is 4.79 Å². The average Bonchev–Trinajstić information content (AvgIpc) is 3.26. The third-order valence-corrected chi connectivity index (χ3v) is 5.58. The number of aryl methyl sites for hydroxylation is 1. The maximum absolute atomic E-state index is 13.5. The Labute approximate surface area is 204 Å². The molecule has 3 aromatic rings. The van der Waals surface area contributed by atoms with Crippen molar-refractivity contribution in [2.75, 3.05) is 0 Å². The van der Waals surface area contributed by atoms with E-state index in [1.54, 1.807) is 18.2 Å². The molecule has 2 N–H and O–H groups in total. The summed E-state index contributed by atoms with van der Waals surface area (Å²) >= 11 is 11.6. The number of aliphatic hydroxyl groups is 1. The second kappa shape index (κ2) is 10.4. The number of halogens is 3. The molecular formula is C23H20Cl2FN3O5. The van der Waals surface area contributed by atoms with E-state index in [-0.39, 0.29) is 29.6 Å². The van der Waals surface area contributed by atoms with E-state index >= 15 is 0 Å². The second-order valence-electron chi connectivity index (χ2n) is 7.60. The van der Waals surface area contributed by atoms with E-state index in [0.29, 0.717) is 40.8 Å². The molecule has 0 saturated carbocycles. The zero-order chi connectivity index (χ0) is 24.2. The van der Waals surface area contributed by atoms with Gasteiger partial charge in [0.2, 0.25) is 11.7 Å². The summed E-state index contributed by atoms with van der Waals surface area (Å²) in [5, 5.41) is 17.3. The number of hydrogen-bond acceptors (Lipinski definition) is 7. The maximum Gasteiger partial charge on any atom is 0.265 e. The SMILES string of the molecule is C=C(CCc1nc(COc2ccc(Cl)c(F)c2)no1)NC(=O)[C@H]1C[C@@H](O)c2cc(Cl)ccc2O1. The van der Waals surface area contributed by atoms with Gasteiger partial charge in [0.1, 0.15) is 17.3 Å². The standard InChI is InChI=1S/C23H20Cl2FN3O5/c1-12(27-23(31)20-10-18(30)15-8-13(24)3-6-19(15)33-20)2-7-22-28-21(29-34-22)11-32-14-4-5-16(25)17(26)9-14/h3-6,8-9,18,20,30H,1-2,7,10-11H2,(H,27,31)/t18-,20-/m1/s1.